The van der Waals surface area contributed by atoms with Crippen molar-refractivity contribution in [2.24, 2.45) is 0 Å². The number of unbranched alkanes of at least 4 members (excludes halogenated alkanes) is 8. The minimum atomic E-state index is -0.755. The van der Waals surface area contributed by atoms with E-state index >= 15 is 0 Å². The number of hydrogen-bond acceptors (Lipinski definition) is 11. The molecule has 0 fully saturated rings. The van der Waals surface area contributed by atoms with Crippen LogP contribution in [-0.4, -0.2) is 122 Å². The van der Waals surface area contributed by atoms with E-state index in [1.54, 1.807) is 20.8 Å². The van der Waals surface area contributed by atoms with E-state index in [9.17, 15) is 9.59 Å². The van der Waals surface area contributed by atoms with Gasteiger partial charge in [-0.15, -0.1) is 0 Å². The van der Waals surface area contributed by atoms with Crippen molar-refractivity contribution in [3.8, 4) is 0 Å². The fraction of sp³-hybridized carbons (Fsp3) is 0.935. The van der Waals surface area contributed by atoms with E-state index in [0.29, 0.717) is 79.2 Å². The molecule has 0 aromatic rings. The number of amides is 2. The number of carbonyl (C=O) groups is 2. The molecule has 0 aromatic carbocycles. The molecule has 0 aliphatic rings. The van der Waals surface area contributed by atoms with Crippen molar-refractivity contribution in [2.75, 3.05) is 104 Å². The van der Waals surface area contributed by atoms with Gasteiger partial charge in [0.25, 0.3) is 0 Å². The summed E-state index contributed by atoms with van der Waals surface area (Å²) in [6, 6.07) is 0. The van der Waals surface area contributed by atoms with Crippen molar-refractivity contribution in [1.29, 1.82) is 0 Å². The van der Waals surface area contributed by atoms with Crippen molar-refractivity contribution in [1.82, 2.24) is 10.8 Å². The van der Waals surface area contributed by atoms with E-state index in [1.807, 2.05) is 17.2 Å². The normalized spacial score (nSPS) is 11.5. The molecule has 0 heterocycles. The standard InChI is InChI=1S/C31H62N2O10S/c1-31(2,3)43-30(35)33-42-28-29(34)32-14-16-37-18-20-39-22-24-41-26-25-40-23-21-38-19-17-36-15-12-10-8-6-5-7-9-11-13-27-44-4/h5-28H2,1-4H3,(H,32,34)(H,33,35). The summed E-state index contributed by atoms with van der Waals surface area (Å²) in [6.07, 6.45) is 13.4. The van der Waals surface area contributed by atoms with Crippen molar-refractivity contribution in [3.05, 3.63) is 0 Å². The summed E-state index contributed by atoms with van der Waals surface area (Å²) in [5, 5.41) is 2.61. The molecular formula is C31H62N2O10S. The number of hydroxylamine groups is 1. The largest absolute Gasteiger partial charge is 0.442 e. The first-order valence-corrected chi connectivity index (χ1v) is 17.6. The van der Waals surface area contributed by atoms with Gasteiger partial charge in [0.15, 0.2) is 6.61 Å². The van der Waals surface area contributed by atoms with E-state index in [0.717, 1.165) is 13.0 Å². The van der Waals surface area contributed by atoms with Crippen molar-refractivity contribution >= 4 is 23.8 Å². The Labute approximate surface area is 270 Å². The number of thioether (sulfide) groups is 1. The molecule has 12 nitrogen and oxygen atoms in total. The lowest BCUT2D eigenvalue weighted by Gasteiger charge is -2.19. The highest BCUT2D eigenvalue weighted by molar-refractivity contribution is 7.98. The van der Waals surface area contributed by atoms with Gasteiger partial charge >= 0.3 is 6.09 Å². The average molecular weight is 655 g/mol. The van der Waals surface area contributed by atoms with Crippen LogP contribution in [0.2, 0.25) is 0 Å². The van der Waals surface area contributed by atoms with Gasteiger partial charge in [-0.2, -0.15) is 17.2 Å². The third kappa shape index (κ3) is 37.0. The zero-order valence-corrected chi connectivity index (χ0v) is 28.8. The van der Waals surface area contributed by atoms with Gasteiger partial charge in [-0.3, -0.25) is 9.63 Å². The number of carbonyl (C=O) groups excluding carboxylic acids is 2. The Morgan fingerprint density at radius 2 is 0.977 bits per heavy atom. The van der Waals surface area contributed by atoms with Crippen LogP contribution < -0.4 is 10.8 Å². The Kier molecular flexibility index (Phi) is 32.3. The first-order valence-electron chi connectivity index (χ1n) is 16.2. The van der Waals surface area contributed by atoms with Crippen LogP contribution in [-0.2, 0) is 42.8 Å². The van der Waals surface area contributed by atoms with Gasteiger partial charge in [0.1, 0.15) is 5.60 Å². The summed E-state index contributed by atoms with van der Waals surface area (Å²) in [6.45, 7) is 11.4. The van der Waals surface area contributed by atoms with Crippen LogP contribution in [0, 0.1) is 0 Å². The molecule has 2 N–H and O–H groups in total. The van der Waals surface area contributed by atoms with Crippen molar-refractivity contribution in [3.63, 3.8) is 0 Å². The van der Waals surface area contributed by atoms with Crippen LogP contribution in [0.3, 0.4) is 0 Å². The number of rotatable bonds is 33. The second-order valence-electron chi connectivity index (χ2n) is 11.1. The highest BCUT2D eigenvalue weighted by Gasteiger charge is 2.16. The molecule has 0 aliphatic heterocycles. The molecule has 0 atom stereocenters. The molecule has 0 aliphatic carbocycles. The van der Waals surface area contributed by atoms with Crippen LogP contribution >= 0.6 is 11.8 Å². The molecular weight excluding hydrogens is 592 g/mol. The van der Waals surface area contributed by atoms with Crippen LogP contribution in [0.5, 0.6) is 0 Å². The zero-order chi connectivity index (χ0) is 32.4. The van der Waals surface area contributed by atoms with Crippen molar-refractivity contribution < 1.29 is 47.6 Å². The monoisotopic (exact) mass is 654 g/mol. The Morgan fingerprint density at radius 1 is 0.568 bits per heavy atom. The van der Waals surface area contributed by atoms with Gasteiger partial charge in [0.2, 0.25) is 5.91 Å². The fourth-order valence-electron chi connectivity index (χ4n) is 3.66. The van der Waals surface area contributed by atoms with E-state index < -0.39 is 11.7 Å². The smallest absolute Gasteiger partial charge is 0.431 e. The van der Waals surface area contributed by atoms with Gasteiger partial charge < -0.3 is 38.5 Å². The lowest BCUT2D eigenvalue weighted by atomic mass is 10.1. The molecule has 13 heteroatoms. The van der Waals surface area contributed by atoms with E-state index in [-0.39, 0.29) is 12.5 Å². The number of nitrogens with one attached hydrogen (secondary N) is 2. The van der Waals surface area contributed by atoms with Crippen LogP contribution in [0.25, 0.3) is 0 Å². The molecule has 0 unspecified atom stereocenters. The summed E-state index contributed by atoms with van der Waals surface area (Å²) in [5.74, 6) is 0.920. The number of ether oxygens (including phenoxy) is 7. The molecule has 0 bridgehead atoms. The van der Waals surface area contributed by atoms with Crippen LogP contribution in [0.15, 0.2) is 0 Å². The second-order valence-corrected chi connectivity index (χ2v) is 12.1. The Hall–Kier alpha value is -1.19. The summed E-state index contributed by atoms with van der Waals surface area (Å²) in [7, 11) is 0. The maximum atomic E-state index is 11.6. The topological polar surface area (TPSA) is 132 Å². The predicted octanol–water partition coefficient (Wildman–Crippen LogP) is 4.53. The number of hydrogen-bond donors (Lipinski definition) is 2. The average Bonchev–Trinajstić information content (AvgIpc) is 2.97. The van der Waals surface area contributed by atoms with Gasteiger partial charge in [-0.25, -0.2) is 4.79 Å². The SMILES string of the molecule is CSCCCCCCCCCCCOCCOCCOCCOCCOCCOCCNC(=O)CONC(=O)OC(C)(C)C. The highest BCUT2D eigenvalue weighted by Crippen LogP contribution is 2.11. The second kappa shape index (κ2) is 33.2. The van der Waals surface area contributed by atoms with Gasteiger partial charge in [-0.1, -0.05) is 44.9 Å². The molecule has 0 rings (SSSR count). The van der Waals surface area contributed by atoms with E-state index in [1.165, 1.54) is 57.1 Å². The summed E-state index contributed by atoms with van der Waals surface area (Å²) >= 11 is 1.95. The third-order valence-corrected chi connectivity index (χ3v) is 6.52. The lowest BCUT2D eigenvalue weighted by Crippen LogP contribution is -2.37. The van der Waals surface area contributed by atoms with E-state index in [4.69, 9.17) is 38.0 Å². The molecule has 0 spiro atoms. The first-order chi connectivity index (χ1) is 21.3. The van der Waals surface area contributed by atoms with Gasteiger partial charge in [-0.05, 0) is 45.6 Å². The lowest BCUT2D eigenvalue weighted by molar-refractivity contribution is -0.128. The van der Waals surface area contributed by atoms with Gasteiger partial charge in [0, 0.05) is 13.2 Å². The Bertz CT molecular complexity index is 641. The minimum Gasteiger partial charge on any atom is -0.442 e. The van der Waals surface area contributed by atoms with E-state index in [2.05, 4.69) is 11.6 Å². The quantitative estimate of drug-likeness (QED) is 0.0764. The molecule has 2 amide bonds. The molecule has 0 radical (unpaired) electrons. The Balaban J connectivity index is 3.16. The summed E-state index contributed by atoms with van der Waals surface area (Å²) < 4.78 is 37.9. The fourth-order valence-corrected chi connectivity index (χ4v) is 4.16. The first kappa shape index (κ1) is 42.8. The molecule has 0 aromatic heterocycles. The third-order valence-electron chi connectivity index (χ3n) is 5.82. The summed E-state index contributed by atoms with van der Waals surface area (Å²) in [5.41, 5.74) is 1.41. The minimum absolute atomic E-state index is 0.315. The van der Waals surface area contributed by atoms with Crippen molar-refractivity contribution in [2.45, 2.75) is 84.2 Å². The van der Waals surface area contributed by atoms with Crippen LogP contribution in [0.4, 0.5) is 4.79 Å². The molecule has 262 valence electrons. The maximum Gasteiger partial charge on any atom is 0.431 e. The molecule has 0 saturated carbocycles. The maximum absolute atomic E-state index is 11.6. The summed E-state index contributed by atoms with van der Waals surface area (Å²) in [4.78, 5) is 27.8. The molecule has 44 heavy (non-hydrogen) atoms. The molecule has 0 saturated heterocycles. The van der Waals surface area contributed by atoms with Gasteiger partial charge in [0.05, 0.1) is 72.7 Å². The highest BCUT2D eigenvalue weighted by atomic mass is 32.2. The predicted molar refractivity (Wildman–Crippen MR) is 173 cm³/mol. The zero-order valence-electron chi connectivity index (χ0n) is 28.0. The Morgan fingerprint density at radius 3 is 1.43 bits per heavy atom. The van der Waals surface area contributed by atoms with Crippen LogP contribution in [0.1, 0.15) is 78.6 Å².